The fourth-order valence-corrected chi connectivity index (χ4v) is 2.65. The second-order valence-electron chi connectivity index (χ2n) is 5.15. The Kier molecular flexibility index (Phi) is 3.75. The largest absolute Gasteiger partial charge is 0.397 e. The quantitative estimate of drug-likeness (QED) is 0.717. The van der Waals surface area contributed by atoms with Gasteiger partial charge in [0.25, 0.3) is 5.91 Å². The average Bonchev–Trinajstić information content (AvgIpc) is 2.34. The number of anilines is 2. The molecule has 1 aromatic rings. The lowest BCUT2D eigenvalue weighted by Crippen LogP contribution is -2.31. The van der Waals surface area contributed by atoms with Crippen LogP contribution < -0.4 is 16.8 Å². The molecule has 2 atom stereocenters. The first-order valence-corrected chi connectivity index (χ1v) is 6.54. The number of carbonyl (C=O) groups excluding carboxylic acids is 1. The van der Waals surface area contributed by atoms with E-state index in [1.807, 2.05) is 0 Å². The molecule has 2 unspecified atom stereocenters. The number of benzene rings is 1. The van der Waals surface area contributed by atoms with Gasteiger partial charge >= 0.3 is 0 Å². The van der Waals surface area contributed by atoms with Gasteiger partial charge in [-0.25, -0.2) is 0 Å². The van der Waals surface area contributed by atoms with Gasteiger partial charge in [0.15, 0.2) is 0 Å². The number of amides is 1. The molecule has 1 fully saturated rings. The zero-order chi connectivity index (χ0) is 13.1. The average molecular weight is 247 g/mol. The van der Waals surface area contributed by atoms with E-state index in [1.54, 1.807) is 18.2 Å². The summed E-state index contributed by atoms with van der Waals surface area (Å²) in [4.78, 5) is 11.4. The van der Waals surface area contributed by atoms with Gasteiger partial charge in [0, 0.05) is 6.04 Å². The number of nitrogen functional groups attached to an aromatic ring is 1. The molecule has 4 heteroatoms. The molecule has 0 heterocycles. The number of hydrogen-bond donors (Lipinski definition) is 3. The van der Waals surface area contributed by atoms with Crippen molar-refractivity contribution in [3.05, 3.63) is 23.8 Å². The van der Waals surface area contributed by atoms with Crippen LogP contribution in [0.15, 0.2) is 18.2 Å². The molecule has 0 saturated heterocycles. The van der Waals surface area contributed by atoms with E-state index >= 15 is 0 Å². The summed E-state index contributed by atoms with van der Waals surface area (Å²) < 4.78 is 0. The van der Waals surface area contributed by atoms with Crippen LogP contribution in [0, 0.1) is 5.92 Å². The Hall–Kier alpha value is -1.71. The van der Waals surface area contributed by atoms with E-state index in [-0.39, 0.29) is 0 Å². The Labute approximate surface area is 108 Å². The normalized spacial score (nSPS) is 23.6. The summed E-state index contributed by atoms with van der Waals surface area (Å²) >= 11 is 0. The highest BCUT2D eigenvalue weighted by Gasteiger charge is 2.23. The molecule has 1 aliphatic carbocycles. The van der Waals surface area contributed by atoms with E-state index in [2.05, 4.69) is 12.2 Å². The van der Waals surface area contributed by atoms with Crippen molar-refractivity contribution < 1.29 is 4.79 Å². The van der Waals surface area contributed by atoms with Crippen LogP contribution in [0.25, 0.3) is 0 Å². The Morgan fingerprint density at radius 2 is 2.06 bits per heavy atom. The van der Waals surface area contributed by atoms with E-state index in [4.69, 9.17) is 11.5 Å². The van der Waals surface area contributed by atoms with E-state index in [1.165, 1.54) is 19.3 Å². The zero-order valence-electron chi connectivity index (χ0n) is 10.8. The lowest BCUT2D eigenvalue weighted by molar-refractivity contribution is 0.100. The van der Waals surface area contributed by atoms with Gasteiger partial charge in [0.2, 0.25) is 0 Å². The molecule has 1 aliphatic rings. The highest BCUT2D eigenvalue weighted by Crippen LogP contribution is 2.30. The van der Waals surface area contributed by atoms with Crippen LogP contribution >= 0.6 is 0 Å². The summed E-state index contributed by atoms with van der Waals surface area (Å²) in [6.45, 7) is 2.24. The number of nitrogens with one attached hydrogen (secondary N) is 1. The van der Waals surface area contributed by atoms with Gasteiger partial charge in [0.1, 0.15) is 0 Å². The zero-order valence-corrected chi connectivity index (χ0v) is 10.8. The minimum Gasteiger partial charge on any atom is -0.397 e. The summed E-state index contributed by atoms with van der Waals surface area (Å²) in [5.41, 5.74) is 13.1. The molecule has 0 bridgehead atoms. The molecule has 1 amide bonds. The third kappa shape index (κ3) is 2.58. The molecular formula is C14H21N3O. The summed E-state index contributed by atoms with van der Waals surface area (Å²) in [5.74, 6) is 0.160. The predicted molar refractivity (Wildman–Crippen MR) is 74.4 cm³/mol. The van der Waals surface area contributed by atoms with Crippen LogP contribution in [0.4, 0.5) is 11.4 Å². The molecule has 18 heavy (non-hydrogen) atoms. The van der Waals surface area contributed by atoms with Crippen molar-refractivity contribution in [2.75, 3.05) is 11.1 Å². The van der Waals surface area contributed by atoms with Gasteiger partial charge < -0.3 is 16.8 Å². The van der Waals surface area contributed by atoms with Gasteiger partial charge in [-0.3, -0.25) is 4.79 Å². The Balaban J connectivity index is 2.24. The maximum atomic E-state index is 11.4. The summed E-state index contributed by atoms with van der Waals surface area (Å²) in [6, 6.07) is 5.64. The first-order valence-electron chi connectivity index (χ1n) is 6.54. The van der Waals surface area contributed by atoms with Crippen LogP contribution in [0.2, 0.25) is 0 Å². The first-order chi connectivity index (χ1) is 8.59. The van der Waals surface area contributed by atoms with Crippen molar-refractivity contribution in [2.45, 2.75) is 38.6 Å². The third-order valence-corrected chi connectivity index (χ3v) is 3.80. The van der Waals surface area contributed by atoms with E-state index < -0.39 is 5.91 Å². The number of nitrogens with two attached hydrogens (primary N) is 2. The molecule has 0 aliphatic heterocycles. The van der Waals surface area contributed by atoms with Crippen molar-refractivity contribution in [1.82, 2.24) is 0 Å². The van der Waals surface area contributed by atoms with Gasteiger partial charge in [0.05, 0.1) is 16.9 Å². The molecule has 1 aromatic carbocycles. The Morgan fingerprint density at radius 3 is 2.72 bits per heavy atom. The minimum atomic E-state index is -0.437. The fourth-order valence-electron chi connectivity index (χ4n) is 2.65. The number of rotatable bonds is 3. The van der Waals surface area contributed by atoms with E-state index in [9.17, 15) is 4.79 Å². The minimum absolute atomic E-state index is 0.376. The van der Waals surface area contributed by atoms with Gasteiger partial charge in [-0.2, -0.15) is 0 Å². The Morgan fingerprint density at radius 1 is 1.33 bits per heavy atom. The van der Waals surface area contributed by atoms with Crippen LogP contribution in [0.3, 0.4) is 0 Å². The molecule has 4 nitrogen and oxygen atoms in total. The predicted octanol–water partition coefficient (Wildman–Crippen LogP) is 2.36. The standard InChI is InChI=1S/C14H21N3O/c1-9-5-2-3-8-12(9)17-13-10(14(16)18)6-4-7-11(13)15/h4,6-7,9,12,17H,2-3,5,8,15H2,1H3,(H2,16,18). The summed E-state index contributed by atoms with van der Waals surface area (Å²) in [6.07, 6.45) is 4.84. The van der Waals surface area contributed by atoms with Crippen molar-refractivity contribution in [3.63, 3.8) is 0 Å². The Bertz CT molecular complexity index is 445. The fraction of sp³-hybridized carbons (Fsp3) is 0.500. The molecule has 98 valence electrons. The molecule has 2 rings (SSSR count). The molecule has 0 spiro atoms. The highest BCUT2D eigenvalue weighted by atomic mass is 16.1. The lowest BCUT2D eigenvalue weighted by Gasteiger charge is -2.31. The van der Waals surface area contributed by atoms with Gasteiger partial charge in [-0.05, 0) is 30.9 Å². The smallest absolute Gasteiger partial charge is 0.250 e. The van der Waals surface area contributed by atoms with Crippen molar-refractivity contribution in [2.24, 2.45) is 11.7 Å². The molecule has 0 radical (unpaired) electrons. The molecule has 0 aromatic heterocycles. The van der Waals surface area contributed by atoms with Crippen molar-refractivity contribution in [3.8, 4) is 0 Å². The van der Waals surface area contributed by atoms with E-state index in [0.29, 0.717) is 28.9 Å². The monoisotopic (exact) mass is 247 g/mol. The number of hydrogen-bond acceptors (Lipinski definition) is 3. The molecule has 1 saturated carbocycles. The molecule has 5 N–H and O–H groups in total. The van der Waals surface area contributed by atoms with Crippen LogP contribution in [0.1, 0.15) is 43.0 Å². The highest BCUT2D eigenvalue weighted by molar-refractivity contribution is 6.01. The van der Waals surface area contributed by atoms with Gasteiger partial charge in [-0.1, -0.05) is 25.8 Å². The van der Waals surface area contributed by atoms with Crippen LogP contribution in [0.5, 0.6) is 0 Å². The van der Waals surface area contributed by atoms with Crippen LogP contribution in [-0.2, 0) is 0 Å². The second-order valence-corrected chi connectivity index (χ2v) is 5.15. The lowest BCUT2D eigenvalue weighted by atomic mass is 9.85. The maximum absolute atomic E-state index is 11.4. The SMILES string of the molecule is CC1CCCCC1Nc1c(N)cccc1C(N)=O. The topological polar surface area (TPSA) is 81.1 Å². The van der Waals surface area contributed by atoms with Gasteiger partial charge in [-0.15, -0.1) is 0 Å². The number of para-hydroxylation sites is 1. The number of primary amides is 1. The van der Waals surface area contributed by atoms with E-state index in [0.717, 1.165) is 6.42 Å². The van der Waals surface area contributed by atoms with Crippen molar-refractivity contribution >= 4 is 17.3 Å². The summed E-state index contributed by atoms with van der Waals surface area (Å²) in [5, 5.41) is 3.42. The number of carbonyl (C=O) groups is 1. The van der Waals surface area contributed by atoms with Crippen LogP contribution in [-0.4, -0.2) is 11.9 Å². The molecular weight excluding hydrogens is 226 g/mol. The second kappa shape index (κ2) is 5.29. The maximum Gasteiger partial charge on any atom is 0.250 e. The third-order valence-electron chi connectivity index (χ3n) is 3.80. The van der Waals surface area contributed by atoms with Crippen molar-refractivity contribution in [1.29, 1.82) is 0 Å². The first kappa shape index (κ1) is 12.7. The summed E-state index contributed by atoms with van der Waals surface area (Å²) in [7, 11) is 0.